The van der Waals surface area contributed by atoms with Gasteiger partial charge in [0, 0.05) is 24.2 Å². The van der Waals surface area contributed by atoms with Crippen molar-refractivity contribution in [1.29, 1.82) is 0 Å². The minimum atomic E-state index is -0.209. The summed E-state index contributed by atoms with van der Waals surface area (Å²) in [7, 11) is 0. The van der Waals surface area contributed by atoms with Crippen LogP contribution in [0.4, 0.5) is 11.4 Å². The molecule has 2 aromatic carbocycles. The summed E-state index contributed by atoms with van der Waals surface area (Å²) in [5.41, 5.74) is 3.24. The number of rotatable bonds is 4. The first-order chi connectivity index (χ1) is 11.6. The predicted molar refractivity (Wildman–Crippen MR) is 95.0 cm³/mol. The lowest BCUT2D eigenvalue weighted by Gasteiger charge is -2.18. The maximum absolute atomic E-state index is 12.3. The van der Waals surface area contributed by atoms with Crippen molar-refractivity contribution >= 4 is 28.9 Å². The lowest BCUT2D eigenvalue weighted by Crippen LogP contribution is -2.30. The van der Waals surface area contributed by atoms with E-state index in [0.717, 1.165) is 11.3 Å². The monoisotopic (exact) mass is 321 g/mol. The van der Waals surface area contributed by atoms with Gasteiger partial charge in [-0.1, -0.05) is 18.2 Å². The second kappa shape index (κ2) is 6.66. The zero-order chi connectivity index (χ0) is 17.1. The summed E-state index contributed by atoms with van der Waals surface area (Å²) in [4.78, 5) is 30.6. The van der Waals surface area contributed by atoms with Crippen LogP contribution in [0.2, 0.25) is 0 Å². The van der Waals surface area contributed by atoms with E-state index in [-0.39, 0.29) is 11.8 Å². The maximum Gasteiger partial charge on any atom is 0.275 e. The van der Waals surface area contributed by atoms with Crippen LogP contribution in [0.25, 0.3) is 0 Å². The van der Waals surface area contributed by atoms with E-state index < -0.39 is 0 Å². The number of fused-ring (bicyclic) bond motifs is 1. The summed E-state index contributed by atoms with van der Waals surface area (Å²) in [6, 6.07) is 14.5. The molecule has 24 heavy (non-hydrogen) atoms. The van der Waals surface area contributed by atoms with Crippen LogP contribution in [0.15, 0.2) is 53.5 Å². The van der Waals surface area contributed by atoms with Gasteiger partial charge in [-0.15, -0.1) is 0 Å². The highest BCUT2D eigenvalue weighted by Crippen LogP contribution is 2.25. The molecule has 0 saturated heterocycles. The summed E-state index contributed by atoms with van der Waals surface area (Å²) in [5, 5.41) is 2.80. The van der Waals surface area contributed by atoms with Gasteiger partial charge in [0.1, 0.15) is 5.71 Å². The zero-order valence-corrected chi connectivity index (χ0v) is 13.7. The Labute approximate surface area is 141 Å². The Morgan fingerprint density at radius 3 is 2.38 bits per heavy atom. The zero-order valence-electron chi connectivity index (χ0n) is 13.7. The van der Waals surface area contributed by atoms with Crippen molar-refractivity contribution in [2.75, 3.05) is 18.4 Å². The van der Waals surface area contributed by atoms with Gasteiger partial charge in [0.15, 0.2) is 0 Å². The third-order valence-corrected chi connectivity index (χ3v) is 4.05. The third-order valence-electron chi connectivity index (χ3n) is 4.05. The first-order valence-electron chi connectivity index (χ1n) is 8.02. The second-order valence-electron chi connectivity index (χ2n) is 5.48. The van der Waals surface area contributed by atoms with Crippen LogP contribution in [0.3, 0.4) is 0 Å². The molecule has 0 atom stereocenters. The molecule has 122 valence electrons. The summed E-state index contributed by atoms with van der Waals surface area (Å²) in [6.45, 7) is 5.27. The smallest absolute Gasteiger partial charge is 0.275 e. The molecule has 2 amide bonds. The molecule has 0 fully saturated rings. The van der Waals surface area contributed by atoms with E-state index >= 15 is 0 Å². The number of para-hydroxylation sites is 1. The van der Waals surface area contributed by atoms with Crippen LogP contribution in [0.5, 0.6) is 0 Å². The van der Waals surface area contributed by atoms with Crippen molar-refractivity contribution in [1.82, 2.24) is 4.90 Å². The highest BCUT2D eigenvalue weighted by molar-refractivity contribution is 6.54. The molecular formula is C19H19N3O2. The first kappa shape index (κ1) is 15.9. The van der Waals surface area contributed by atoms with Crippen molar-refractivity contribution in [3.05, 3.63) is 59.7 Å². The molecule has 1 aliphatic heterocycles. The van der Waals surface area contributed by atoms with Gasteiger partial charge in [0.25, 0.3) is 11.8 Å². The summed E-state index contributed by atoms with van der Waals surface area (Å²) >= 11 is 0. The molecule has 0 saturated carbocycles. The fourth-order valence-electron chi connectivity index (χ4n) is 2.71. The number of benzene rings is 2. The Kier molecular flexibility index (Phi) is 4.42. The number of carbonyl (C=O) groups is 2. The lowest BCUT2D eigenvalue weighted by molar-refractivity contribution is -0.110. The van der Waals surface area contributed by atoms with Crippen LogP contribution >= 0.6 is 0 Å². The molecule has 2 aromatic rings. The number of aliphatic imine (C=N–C) groups is 1. The Balaban J connectivity index is 1.87. The summed E-state index contributed by atoms with van der Waals surface area (Å²) in [5.74, 6) is -0.206. The van der Waals surface area contributed by atoms with Gasteiger partial charge in [-0.3, -0.25) is 9.59 Å². The quantitative estimate of drug-likeness (QED) is 0.939. The van der Waals surface area contributed by atoms with Gasteiger partial charge >= 0.3 is 0 Å². The first-order valence-corrected chi connectivity index (χ1v) is 8.02. The molecule has 1 heterocycles. The van der Waals surface area contributed by atoms with E-state index in [2.05, 4.69) is 10.3 Å². The average Bonchev–Trinajstić information content (AvgIpc) is 2.92. The lowest BCUT2D eigenvalue weighted by atomic mass is 10.1. The Bertz CT molecular complexity index is 806. The van der Waals surface area contributed by atoms with Crippen molar-refractivity contribution in [2.24, 2.45) is 4.99 Å². The minimum absolute atomic E-state index is 0.00292. The van der Waals surface area contributed by atoms with Crippen LogP contribution in [-0.4, -0.2) is 35.5 Å². The van der Waals surface area contributed by atoms with E-state index in [1.165, 1.54) is 0 Å². The third kappa shape index (κ3) is 2.93. The van der Waals surface area contributed by atoms with Crippen molar-refractivity contribution in [3.8, 4) is 0 Å². The molecule has 0 spiro atoms. The van der Waals surface area contributed by atoms with Gasteiger partial charge in [-0.05, 0) is 44.2 Å². The standard InChI is InChI=1S/C19H19N3O2/c1-3-22(4-2)19(24)13-9-11-14(12-10-13)20-17-15-7-5-6-8-16(15)21-18(17)23/h5-12H,3-4H2,1-2H3,(H,20,21,23). The molecule has 0 radical (unpaired) electrons. The van der Waals surface area contributed by atoms with Crippen molar-refractivity contribution in [3.63, 3.8) is 0 Å². The van der Waals surface area contributed by atoms with Crippen LogP contribution < -0.4 is 5.32 Å². The van der Waals surface area contributed by atoms with Crippen LogP contribution in [-0.2, 0) is 4.79 Å². The molecule has 0 aliphatic carbocycles. The van der Waals surface area contributed by atoms with Crippen molar-refractivity contribution < 1.29 is 9.59 Å². The topological polar surface area (TPSA) is 61.8 Å². The van der Waals surface area contributed by atoms with Gasteiger partial charge in [-0.2, -0.15) is 0 Å². The average molecular weight is 321 g/mol. The Morgan fingerprint density at radius 1 is 1.04 bits per heavy atom. The van der Waals surface area contributed by atoms with Crippen LogP contribution in [0, 0.1) is 0 Å². The Hall–Kier alpha value is -2.95. The summed E-state index contributed by atoms with van der Waals surface area (Å²) < 4.78 is 0. The highest BCUT2D eigenvalue weighted by Gasteiger charge is 2.25. The number of nitrogens with one attached hydrogen (secondary N) is 1. The van der Waals surface area contributed by atoms with E-state index in [1.54, 1.807) is 29.2 Å². The van der Waals surface area contributed by atoms with E-state index in [1.807, 2.05) is 38.1 Å². The number of carbonyl (C=O) groups excluding carboxylic acids is 2. The van der Waals surface area contributed by atoms with Crippen LogP contribution in [0.1, 0.15) is 29.8 Å². The number of hydrogen-bond donors (Lipinski definition) is 1. The van der Waals surface area contributed by atoms with Gasteiger partial charge in [0.2, 0.25) is 0 Å². The molecule has 1 aliphatic rings. The maximum atomic E-state index is 12.3. The number of hydrogen-bond acceptors (Lipinski definition) is 3. The van der Waals surface area contributed by atoms with Gasteiger partial charge in [0.05, 0.1) is 11.4 Å². The minimum Gasteiger partial charge on any atom is -0.339 e. The predicted octanol–water partition coefficient (Wildman–Crippen LogP) is 3.24. The largest absolute Gasteiger partial charge is 0.339 e. The molecule has 5 heteroatoms. The molecule has 3 rings (SSSR count). The summed E-state index contributed by atoms with van der Waals surface area (Å²) in [6.07, 6.45) is 0. The molecule has 0 unspecified atom stereocenters. The fraction of sp³-hybridized carbons (Fsp3) is 0.211. The second-order valence-corrected chi connectivity index (χ2v) is 5.48. The van der Waals surface area contributed by atoms with Gasteiger partial charge < -0.3 is 10.2 Å². The van der Waals surface area contributed by atoms with E-state index in [0.29, 0.717) is 30.1 Å². The highest BCUT2D eigenvalue weighted by atomic mass is 16.2. The molecule has 0 bridgehead atoms. The van der Waals surface area contributed by atoms with Crippen molar-refractivity contribution in [2.45, 2.75) is 13.8 Å². The number of nitrogens with zero attached hydrogens (tertiary/aromatic N) is 2. The fourth-order valence-corrected chi connectivity index (χ4v) is 2.71. The SMILES string of the molecule is CCN(CC)C(=O)c1ccc(N=C2C(=O)Nc3ccccc32)cc1. The van der Waals surface area contributed by atoms with E-state index in [9.17, 15) is 9.59 Å². The molecule has 5 nitrogen and oxygen atoms in total. The van der Waals surface area contributed by atoms with Gasteiger partial charge in [-0.25, -0.2) is 4.99 Å². The molecular weight excluding hydrogens is 302 g/mol. The van der Waals surface area contributed by atoms with E-state index in [4.69, 9.17) is 0 Å². The molecule has 0 aromatic heterocycles. The number of amides is 2. The molecule has 1 N–H and O–H groups in total. The normalized spacial score (nSPS) is 14.4. The Morgan fingerprint density at radius 2 is 1.71 bits per heavy atom. The number of anilines is 1.